The second-order valence-corrected chi connectivity index (χ2v) is 9.50. The summed E-state index contributed by atoms with van der Waals surface area (Å²) in [6, 6.07) is 0. The van der Waals surface area contributed by atoms with Crippen LogP contribution in [-0.4, -0.2) is 42.6 Å². The summed E-state index contributed by atoms with van der Waals surface area (Å²) in [6.07, 6.45) is 4.83. The Morgan fingerprint density at radius 1 is 1.04 bits per heavy atom. The van der Waals surface area contributed by atoms with Gasteiger partial charge in [0.25, 0.3) is 0 Å². The van der Waals surface area contributed by atoms with Crippen LogP contribution in [0.15, 0.2) is 0 Å². The smallest absolute Gasteiger partial charge is 0.323 e. The van der Waals surface area contributed by atoms with E-state index in [-0.39, 0.29) is 37.1 Å². The second kappa shape index (κ2) is 7.28. The zero-order valence-electron chi connectivity index (χ0n) is 18.3. The van der Waals surface area contributed by atoms with Gasteiger partial charge in [-0.3, -0.25) is 9.59 Å². The Bertz CT molecular complexity index is 611. The van der Waals surface area contributed by atoms with E-state index in [0.717, 1.165) is 19.3 Å². The van der Waals surface area contributed by atoms with Gasteiger partial charge in [0.2, 0.25) is 0 Å². The monoisotopic (exact) mass is 396 g/mol. The molecule has 3 fully saturated rings. The average Bonchev–Trinajstić information content (AvgIpc) is 2.89. The number of carbonyl (C=O) groups excluding carboxylic acids is 2. The van der Waals surface area contributed by atoms with Crippen molar-refractivity contribution >= 4 is 11.9 Å². The van der Waals surface area contributed by atoms with E-state index < -0.39 is 28.7 Å². The van der Waals surface area contributed by atoms with Crippen molar-refractivity contribution in [2.75, 3.05) is 13.2 Å². The first-order chi connectivity index (χ1) is 13.1. The maximum atomic E-state index is 12.9. The Morgan fingerprint density at radius 3 is 2.21 bits per heavy atom. The lowest BCUT2D eigenvalue weighted by Gasteiger charge is -2.60. The number of ether oxygens (including phenoxy) is 4. The minimum absolute atomic E-state index is 0.0487. The van der Waals surface area contributed by atoms with Crippen molar-refractivity contribution in [3.63, 3.8) is 0 Å². The zero-order chi connectivity index (χ0) is 20.8. The Kier molecular flexibility index (Phi) is 5.61. The van der Waals surface area contributed by atoms with Crippen LogP contribution < -0.4 is 0 Å². The molecule has 1 heterocycles. The van der Waals surface area contributed by atoms with Gasteiger partial charge in [-0.2, -0.15) is 0 Å². The van der Waals surface area contributed by atoms with E-state index in [1.54, 1.807) is 13.8 Å². The van der Waals surface area contributed by atoms with Crippen molar-refractivity contribution in [2.45, 2.75) is 97.6 Å². The molecule has 0 radical (unpaired) electrons. The lowest BCUT2D eigenvalue weighted by molar-refractivity contribution is -0.403. The van der Waals surface area contributed by atoms with Crippen LogP contribution in [0.2, 0.25) is 0 Å². The maximum Gasteiger partial charge on any atom is 0.323 e. The Hall–Kier alpha value is -1.14. The average molecular weight is 397 g/mol. The second-order valence-electron chi connectivity index (χ2n) is 9.50. The molecule has 6 nitrogen and oxygen atoms in total. The molecule has 6 heteroatoms. The summed E-state index contributed by atoms with van der Waals surface area (Å²) in [5, 5.41) is 0. The summed E-state index contributed by atoms with van der Waals surface area (Å²) in [4.78, 5) is 25.9. The van der Waals surface area contributed by atoms with Gasteiger partial charge in [0.15, 0.2) is 11.2 Å². The molecule has 1 aliphatic heterocycles. The fourth-order valence-electron chi connectivity index (χ4n) is 5.57. The Balaban J connectivity index is 1.98. The van der Waals surface area contributed by atoms with Crippen LogP contribution in [0, 0.1) is 16.7 Å². The number of carbonyl (C=O) groups is 2. The SMILES string of the molecule is CCOC(=O)C1(C(=O)OCC)CC(C)C2(C1)OC1CCCCC1(C)C(C)(C)O2. The number of hydrogen-bond donors (Lipinski definition) is 0. The van der Waals surface area contributed by atoms with E-state index in [1.165, 1.54) is 6.42 Å². The highest BCUT2D eigenvalue weighted by Crippen LogP contribution is 2.61. The molecule has 2 saturated carbocycles. The first kappa shape index (κ1) is 21.6. The molecular formula is C22H36O6. The van der Waals surface area contributed by atoms with Gasteiger partial charge in [0.1, 0.15) is 0 Å². The molecule has 1 saturated heterocycles. The third kappa shape index (κ3) is 3.07. The predicted molar refractivity (Wildman–Crippen MR) is 103 cm³/mol. The number of rotatable bonds is 4. The molecule has 4 unspecified atom stereocenters. The molecule has 2 aliphatic carbocycles. The topological polar surface area (TPSA) is 71.1 Å². The van der Waals surface area contributed by atoms with Gasteiger partial charge >= 0.3 is 11.9 Å². The minimum Gasteiger partial charge on any atom is -0.465 e. The van der Waals surface area contributed by atoms with E-state index in [4.69, 9.17) is 18.9 Å². The summed E-state index contributed by atoms with van der Waals surface area (Å²) < 4.78 is 24.0. The molecule has 3 rings (SSSR count). The predicted octanol–water partition coefficient (Wildman–Crippen LogP) is 4.00. The maximum absolute atomic E-state index is 12.9. The molecule has 28 heavy (non-hydrogen) atoms. The summed E-state index contributed by atoms with van der Waals surface area (Å²) in [5.41, 5.74) is -1.89. The minimum atomic E-state index is -1.37. The van der Waals surface area contributed by atoms with Crippen molar-refractivity contribution in [3.8, 4) is 0 Å². The van der Waals surface area contributed by atoms with Gasteiger partial charge < -0.3 is 18.9 Å². The molecular weight excluding hydrogens is 360 g/mol. The first-order valence-electron chi connectivity index (χ1n) is 10.8. The standard InChI is InChI=1S/C22H36O6/c1-7-25-17(23)21(18(24)26-8-2)13-15(3)22(14-21)27-16-11-9-10-12-20(16,6)19(4,5)28-22/h15-16H,7-14H2,1-6H3. The fourth-order valence-corrected chi connectivity index (χ4v) is 5.57. The molecule has 0 aromatic rings. The first-order valence-corrected chi connectivity index (χ1v) is 10.8. The number of fused-ring (bicyclic) bond motifs is 1. The molecule has 1 spiro atoms. The van der Waals surface area contributed by atoms with Crippen LogP contribution in [0.25, 0.3) is 0 Å². The Morgan fingerprint density at radius 2 is 1.64 bits per heavy atom. The molecule has 3 aliphatic rings. The van der Waals surface area contributed by atoms with Crippen LogP contribution in [0.1, 0.15) is 80.1 Å². The van der Waals surface area contributed by atoms with Gasteiger partial charge in [-0.05, 0) is 47.0 Å². The van der Waals surface area contributed by atoms with Crippen molar-refractivity contribution in [1.29, 1.82) is 0 Å². The molecule has 0 amide bonds. The summed E-state index contributed by atoms with van der Waals surface area (Å²) in [5.74, 6) is -2.17. The van der Waals surface area contributed by atoms with Crippen LogP contribution in [0.4, 0.5) is 0 Å². The van der Waals surface area contributed by atoms with Crippen molar-refractivity contribution in [2.24, 2.45) is 16.7 Å². The van der Waals surface area contributed by atoms with Gasteiger partial charge in [-0.25, -0.2) is 0 Å². The molecule has 0 aromatic carbocycles. The zero-order valence-corrected chi connectivity index (χ0v) is 18.3. The van der Waals surface area contributed by atoms with Gasteiger partial charge in [-0.1, -0.05) is 26.7 Å². The summed E-state index contributed by atoms with van der Waals surface area (Å²) >= 11 is 0. The lowest BCUT2D eigenvalue weighted by Crippen LogP contribution is -2.65. The van der Waals surface area contributed by atoms with Crippen LogP contribution in [-0.2, 0) is 28.5 Å². The van der Waals surface area contributed by atoms with E-state index in [9.17, 15) is 9.59 Å². The molecule has 0 bridgehead atoms. The van der Waals surface area contributed by atoms with Gasteiger partial charge in [0, 0.05) is 17.8 Å². The van der Waals surface area contributed by atoms with E-state index in [2.05, 4.69) is 20.8 Å². The van der Waals surface area contributed by atoms with E-state index in [1.807, 2.05) is 6.92 Å². The van der Waals surface area contributed by atoms with Gasteiger partial charge in [-0.15, -0.1) is 0 Å². The van der Waals surface area contributed by atoms with E-state index in [0.29, 0.717) is 6.42 Å². The quantitative estimate of drug-likeness (QED) is 0.528. The van der Waals surface area contributed by atoms with E-state index >= 15 is 0 Å². The largest absolute Gasteiger partial charge is 0.465 e. The fraction of sp³-hybridized carbons (Fsp3) is 0.909. The molecule has 4 atom stereocenters. The lowest BCUT2D eigenvalue weighted by atomic mass is 9.62. The molecule has 160 valence electrons. The van der Waals surface area contributed by atoms with Crippen molar-refractivity contribution < 1.29 is 28.5 Å². The van der Waals surface area contributed by atoms with Crippen LogP contribution in [0.3, 0.4) is 0 Å². The normalized spacial score (nSPS) is 38.6. The van der Waals surface area contributed by atoms with Crippen molar-refractivity contribution in [3.05, 3.63) is 0 Å². The van der Waals surface area contributed by atoms with Crippen molar-refractivity contribution in [1.82, 2.24) is 0 Å². The van der Waals surface area contributed by atoms with Crippen LogP contribution >= 0.6 is 0 Å². The highest BCUT2D eigenvalue weighted by molar-refractivity contribution is 6.00. The number of hydrogen-bond acceptors (Lipinski definition) is 6. The summed E-state index contributed by atoms with van der Waals surface area (Å²) in [7, 11) is 0. The third-order valence-electron chi connectivity index (χ3n) is 7.55. The molecule has 0 aromatic heterocycles. The van der Waals surface area contributed by atoms with Crippen LogP contribution in [0.5, 0.6) is 0 Å². The summed E-state index contributed by atoms with van der Waals surface area (Å²) in [6.45, 7) is 12.4. The van der Waals surface area contributed by atoms with Gasteiger partial charge in [0.05, 0.1) is 24.9 Å². The number of esters is 2. The Labute approximate surface area is 168 Å². The highest BCUT2D eigenvalue weighted by Gasteiger charge is 2.69. The molecule has 0 N–H and O–H groups in total. The third-order valence-corrected chi connectivity index (χ3v) is 7.55. The highest BCUT2D eigenvalue weighted by atomic mass is 16.7.